The highest BCUT2D eigenvalue weighted by atomic mass is 16.5. The van der Waals surface area contributed by atoms with Crippen LogP contribution in [-0.2, 0) is 19.7 Å². The molecular weight excluding hydrogens is 208 g/mol. The largest absolute Gasteiger partial charge is 0.549 e. The summed E-state index contributed by atoms with van der Waals surface area (Å²) in [5, 5.41) is 11.1. The lowest BCUT2D eigenvalue weighted by Crippen LogP contribution is -2.50. The van der Waals surface area contributed by atoms with Crippen molar-refractivity contribution in [2.24, 2.45) is 0 Å². The highest BCUT2D eigenvalue weighted by Gasteiger charge is 2.38. The maximum atomic E-state index is 11.7. The number of rotatable bonds is 4. The molecule has 0 saturated heterocycles. The predicted molar refractivity (Wildman–Crippen MR) is 55.4 cm³/mol. The van der Waals surface area contributed by atoms with E-state index in [0.29, 0.717) is 5.56 Å². The molecule has 0 amide bonds. The molecular formula is C12H13O4-. The first-order chi connectivity index (χ1) is 7.53. The third kappa shape index (κ3) is 2.05. The first-order valence-electron chi connectivity index (χ1n) is 4.97. The summed E-state index contributed by atoms with van der Waals surface area (Å²) < 4.78 is 4.76. The number of benzene rings is 1. The van der Waals surface area contributed by atoms with Crippen molar-refractivity contribution < 1.29 is 19.4 Å². The molecule has 0 aliphatic rings. The first kappa shape index (κ1) is 12.2. The van der Waals surface area contributed by atoms with Gasteiger partial charge in [-0.1, -0.05) is 30.3 Å². The molecule has 16 heavy (non-hydrogen) atoms. The molecule has 1 aromatic carbocycles. The van der Waals surface area contributed by atoms with Gasteiger partial charge in [0, 0.05) is 0 Å². The Bertz CT molecular complexity index is 385. The van der Waals surface area contributed by atoms with Gasteiger partial charge in [-0.3, -0.25) is 4.79 Å². The lowest BCUT2D eigenvalue weighted by Gasteiger charge is -2.28. The molecule has 1 atom stereocenters. The van der Waals surface area contributed by atoms with Crippen molar-refractivity contribution in [3.8, 4) is 0 Å². The molecule has 1 rings (SSSR count). The Balaban J connectivity index is 3.17. The SMILES string of the molecule is CCOC(=O)C(C)(C(=O)[O-])c1ccccc1. The molecule has 1 aromatic rings. The zero-order valence-corrected chi connectivity index (χ0v) is 9.23. The molecule has 4 heteroatoms. The van der Waals surface area contributed by atoms with Gasteiger partial charge in [0.25, 0.3) is 0 Å². The van der Waals surface area contributed by atoms with Crippen molar-refractivity contribution in [2.45, 2.75) is 19.3 Å². The Kier molecular flexibility index (Phi) is 3.66. The molecule has 0 spiro atoms. The van der Waals surface area contributed by atoms with Crippen molar-refractivity contribution in [3.63, 3.8) is 0 Å². The van der Waals surface area contributed by atoms with E-state index in [0.717, 1.165) is 0 Å². The average molecular weight is 221 g/mol. The quantitative estimate of drug-likeness (QED) is 0.540. The number of carboxylic acid groups (broad SMARTS) is 1. The number of hydrogen-bond donors (Lipinski definition) is 0. The maximum Gasteiger partial charge on any atom is 0.322 e. The van der Waals surface area contributed by atoms with Crippen LogP contribution in [0.4, 0.5) is 0 Å². The average Bonchev–Trinajstić information content (AvgIpc) is 2.29. The van der Waals surface area contributed by atoms with Crippen molar-refractivity contribution in [1.82, 2.24) is 0 Å². The molecule has 0 aliphatic heterocycles. The van der Waals surface area contributed by atoms with Gasteiger partial charge in [-0.2, -0.15) is 0 Å². The monoisotopic (exact) mass is 221 g/mol. The van der Waals surface area contributed by atoms with Gasteiger partial charge in [-0.05, 0) is 19.4 Å². The van der Waals surface area contributed by atoms with Gasteiger partial charge in [-0.15, -0.1) is 0 Å². The molecule has 0 radical (unpaired) electrons. The van der Waals surface area contributed by atoms with Crippen molar-refractivity contribution in [3.05, 3.63) is 35.9 Å². The van der Waals surface area contributed by atoms with Crippen molar-refractivity contribution in [1.29, 1.82) is 0 Å². The second-order valence-electron chi connectivity index (χ2n) is 3.50. The minimum atomic E-state index is -1.75. The molecule has 0 bridgehead atoms. The molecule has 0 N–H and O–H groups in total. The van der Waals surface area contributed by atoms with Crippen LogP contribution in [0.25, 0.3) is 0 Å². The van der Waals surface area contributed by atoms with Gasteiger partial charge in [0.1, 0.15) is 5.41 Å². The Hall–Kier alpha value is -1.84. The molecule has 0 heterocycles. The van der Waals surface area contributed by atoms with Crippen LogP contribution in [0, 0.1) is 0 Å². The van der Waals surface area contributed by atoms with Crippen LogP contribution < -0.4 is 5.11 Å². The normalized spacial score (nSPS) is 13.9. The van der Waals surface area contributed by atoms with E-state index in [1.54, 1.807) is 37.3 Å². The van der Waals surface area contributed by atoms with Gasteiger partial charge >= 0.3 is 5.97 Å². The van der Waals surface area contributed by atoms with E-state index in [-0.39, 0.29) is 6.61 Å². The summed E-state index contributed by atoms with van der Waals surface area (Å²) in [6.07, 6.45) is 0. The summed E-state index contributed by atoms with van der Waals surface area (Å²) in [7, 11) is 0. The second kappa shape index (κ2) is 4.79. The zero-order chi connectivity index (χ0) is 12.2. The Labute approximate surface area is 93.9 Å². The maximum absolute atomic E-state index is 11.7. The van der Waals surface area contributed by atoms with Crippen LogP contribution in [0.3, 0.4) is 0 Å². The van der Waals surface area contributed by atoms with Gasteiger partial charge < -0.3 is 14.6 Å². The van der Waals surface area contributed by atoms with E-state index >= 15 is 0 Å². The molecule has 0 aromatic heterocycles. The predicted octanol–water partition coefficient (Wildman–Crippen LogP) is 0.257. The minimum absolute atomic E-state index is 0.133. The Morgan fingerprint density at radius 3 is 2.31 bits per heavy atom. The molecule has 0 aliphatic carbocycles. The summed E-state index contributed by atoms with van der Waals surface area (Å²) in [5.74, 6) is -2.27. The van der Waals surface area contributed by atoms with Gasteiger partial charge in [0.2, 0.25) is 0 Å². The van der Waals surface area contributed by atoms with E-state index in [4.69, 9.17) is 4.74 Å². The van der Waals surface area contributed by atoms with Crippen LogP contribution in [0.1, 0.15) is 19.4 Å². The van der Waals surface area contributed by atoms with Crippen LogP contribution in [0.15, 0.2) is 30.3 Å². The second-order valence-corrected chi connectivity index (χ2v) is 3.50. The number of carbonyl (C=O) groups is 2. The number of aliphatic carboxylic acids is 1. The number of carboxylic acids is 1. The Morgan fingerprint density at radius 2 is 1.88 bits per heavy atom. The van der Waals surface area contributed by atoms with Crippen molar-refractivity contribution in [2.75, 3.05) is 6.61 Å². The van der Waals surface area contributed by atoms with Crippen LogP contribution in [-0.4, -0.2) is 18.5 Å². The molecule has 0 saturated carbocycles. The standard InChI is InChI=1S/C12H14O4/c1-3-16-11(15)12(2,10(13)14)9-7-5-4-6-8-9/h4-8H,3H2,1-2H3,(H,13,14)/p-1. The minimum Gasteiger partial charge on any atom is -0.549 e. The highest BCUT2D eigenvalue weighted by Crippen LogP contribution is 2.24. The molecule has 86 valence electrons. The van der Waals surface area contributed by atoms with Gasteiger partial charge in [-0.25, -0.2) is 0 Å². The highest BCUT2D eigenvalue weighted by molar-refractivity contribution is 6.04. The fourth-order valence-electron chi connectivity index (χ4n) is 1.37. The van der Waals surface area contributed by atoms with Crippen LogP contribution >= 0.6 is 0 Å². The molecule has 4 nitrogen and oxygen atoms in total. The lowest BCUT2D eigenvalue weighted by atomic mass is 9.82. The zero-order valence-electron chi connectivity index (χ0n) is 9.23. The Morgan fingerprint density at radius 1 is 1.31 bits per heavy atom. The van der Waals surface area contributed by atoms with E-state index in [9.17, 15) is 14.7 Å². The third-order valence-corrected chi connectivity index (χ3v) is 2.44. The number of hydrogen-bond acceptors (Lipinski definition) is 4. The summed E-state index contributed by atoms with van der Waals surface area (Å²) in [6.45, 7) is 3.04. The van der Waals surface area contributed by atoms with Gasteiger partial charge in [0.15, 0.2) is 0 Å². The number of ether oxygens (including phenoxy) is 1. The van der Waals surface area contributed by atoms with Crippen molar-refractivity contribution >= 4 is 11.9 Å². The topological polar surface area (TPSA) is 66.4 Å². The number of esters is 1. The van der Waals surface area contributed by atoms with E-state index < -0.39 is 17.4 Å². The summed E-state index contributed by atoms with van der Waals surface area (Å²) >= 11 is 0. The van der Waals surface area contributed by atoms with E-state index in [1.165, 1.54) is 6.92 Å². The fraction of sp³-hybridized carbons (Fsp3) is 0.333. The number of carbonyl (C=O) groups excluding carboxylic acids is 2. The summed E-state index contributed by atoms with van der Waals surface area (Å²) in [6, 6.07) is 8.19. The molecule has 0 fully saturated rings. The van der Waals surface area contributed by atoms with Crippen LogP contribution in [0.2, 0.25) is 0 Å². The van der Waals surface area contributed by atoms with E-state index in [1.807, 2.05) is 0 Å². The van der Waals surface area contributed by atoms with E-state index in [2.05, 4.69) is 0 Å². The third-order valence-electron chi connectivity index (χ3n) is 2.44. The fourth-order valence-corrected chi connectivity index (χ4v) is 1.37. The summed E-state index contributed by atoms with van der Waals surface area (Å²) in [5.41, 5.74) is -1.40. The molecule has 1 unspecified atom stereocenters. The lowest BCUT2D eigenvalue weighted by molar-refractivity contribution is -0.312. The van der Waals surface area contributed by atoms with Crippen LogP contribution in [0.5, 0.6) is 0 Å². The first-order valence-corrected chi connectivity index (χ1v) is 4.97. The smallest absolute Gasteiger partial charge is 0.322 e. The van der Waals surface area contributed by atoms with Gasteiger partial charge in [0.05, 0.1) is 12.6 Å². The summed E-state index contributed by atoms with van der Waals surface area (Å²) in [4.78, 5) is 22.8.